The summed E-state index contributed by atoms with van der Waals surface area (Å²) in [7, 11) is 0. The average molecular weight is 400 g/mol. The molecule has 4 fully saturated rings. The molecule has 3 heterocycles. The van der Waals surface area contributed by atoms with Crippen LogP contribution >= 0.6 is 15.9 Å². The Morgan fingerprint density at radius 2 is 1.80 bits per heavy atom. The van der Waals surface area contributed by atoms with Gasteiger partial charge in [-0.3, -0.25) is 0 Å². The first-order chi connectivity index (χ1) is 12.2. The third-order valence-corrected chi connectivity index (χ3v) is 6.83. The molecule has 0 aromatic carbocycles. The van der Waals surface area contributed by atoms with Crippen LogP contribution in [0, 0.1) is 17.8 Å². The van der Waals surface area contributed by atoms with Gasteiger partial charge in [0.25, 0.3) is 5.89 Å². The Morgan fingerprint density at radius 1 is 1.08 bits per heavy atom. The number of hydrogen-bond acceptors (Lipinski definition) is 5. The molecule has 25 heavy (non-hydrogen) atoms. The molecule has 128 valence electrons. The van der Waals surface area contributed by atoms with Crippen molar-refractivity contribution in [3.05, 3.63) is 28.8 Å². The van der Waals surface area contributed by atoms with Crippen LogP contribution < -0.4 is 0 Å². The van der Waals surface area contributed by atoms with Crippen molar-refractivity contribution in [1.82, 2.24) is 24.8 Å². The van der Waals surface area contributed by atoms with E-state index in [0.717, 1.165) is 33.8 Å². The number of halogens is 1. The van der Waals surface area contributed by atoms with E-state index in [4.69, 9.17) is 4.42 Å². The summed E-state index contributed by atoms with van der Waals surface area (Å²) in [4.78, 5) is 4.35. The van der Waals surface area contributed by atoms with E-state index < -0.39 is 0 Å². The molecule has 4 aliphatic rings. The van der Waals surface area contributed by atoms with Crippen LogP contribution in [0.3, 0.4) is 0 Å². The Hall–Kier alpha value is -1.76. The van der Waals surface area contributed by atoms with Crippen molar-refractivity contribution < 1.29 is 4.42 Å². The maximum atomic E-state index is 6.18. The molecule has 3 aromatic heterocycles. The zero-order valence-corrected chi connectivity index (χ0v) is 15.3. The van der Waals surface area contributed by atoms with Crippen LogP contribution in [0.25, 0.3) is 17.2 Å². The van der Waals surface area contributed by atoms with E-state index in [1.807, 2.05) is 12.3 Å². The predicted molar refractivity (Wildman–Crippen MR) is 93.8 cm³/mol. The second-order valence-corrected chi connectivity index (χ2v) is 9.13. The highest BCUT2D eigenvalue weighted by Crippen LogP contribution is 2.60. The van der Waals surface area contributed by atoms with Crippen molar-refractivity contribution >= 4 is 21.6 Å². The fraction of sp³-hybridized carbons (Fsp3) is 0.556. The Bertz CT molecular complexity index is 942. The fourth-order valence-electron chi connectivity index (χ4n) is 5.87. The Kier molecular flexibility index (Phi) is 2.83. The SMILES string of the molecule is Brc1cnc2cc(-c3nnc(C45CC6CC(CC(C6)C4)C5)o3)nn2c1. The van der Waals surface area contributed by atoms with E-state index in [-0.39, 0.29) is 5.41 Å². The third-order valence-electron chi connectivity index (χ3n) is 6.42. The normalized spacial score (nSPS) is 33.4. The number of aromatic nitrogens is 5. The van der Waals surface area contributed by atoms with Gasteiger partial charge in [-0.05, 0) is 72.2 Å². The minimum atomic E-state index is 0.125. The molecule has 0 radical (unpaired) electrons. The molecule has 0 saturated heterocycles. The first-order valence-electron chi connectivity index (χ1n) is 9.02. The summed E-state index contributed by atoms with van der Waals surface area (Å²) in [5.74, 6) is 3.93. The van der Waals surface area contributed by atoms with E-state index in [2.05, 4.69) is 36.2 Å². The van der Waals surface area contributed by atoms with Crippen LogP contribution in [0.5, 0.6) is 0 Å². The molecule has 4 aliphatic carbocycles. The first-order valence-corrected chi connectivity index (χ1v) is 9.81. The van der Waals surface area contributed by atoms with Crippen LogP contribution in [0.15, 0.2) is 27.3 Å². The largest absolute Gasteiger partial charge is 0.419 e. The van der Waals surface area contributed by atoms with E-state index in [1.54, 1.807) is 10.7 Å². The standard InChI is InChI=1S/C18H18BrN5O/c19-13-8-20-15-4-14(23-24(15)9-13)16-21-22-17(25-16)18-5-10-1-11(6-18)3-12(2-10)7-18/h4,8-12H,1-3,5-7H2. The minimum Gasteiger partial charge on any atom is -0.419 e. The lowest BCUT2D eigenvalue weighted by atomic mass is 9.49. The van der Waals surface area contributed by atoms with E-state index >= 15 is 0 Å². The predicted octanol–water partition coefficient (Wildman–Crippen LogP) is 4.01. The lowest BCUT2D eigenvalue weighted by molar-refractivity contribution is -0.0176. The lowest BCUT2D eigenvalue weighted by Gasteiger charge is -2.55. The van der Waals surface area contributed by atoms with Gasteiger partial charge in [0.15, 0.2) is 11.3 Å². The summed E-state index contributed by atoms with van der Waals surface area (Å²) in [6, 6.07) is 1.89. The highest BCUT2D eigenvalue weighted by atomic mass is 79.9. The summed E-state index contributed by atoms with van der Waals surface area (Å²) >= 11 is 3.42. The van der Waals surface area contributed by atoms with Gasteiger partial charge >= 0.3 is 0 Å². The zero-order chi connectivity index (χ0) is 16.6. The van der Waals surface area contributed by atoms with Crippen molar-refractivity contribution in [2.24, 2.45) is 17.8 Å². The smallest absolute Gasteiger partial charge is 0.268 e. The zero-order valence-electron chi connectivity index (χ0n) is 13.7. The molecular formula is C18H18BrN5O. The van der Waals surface area contributed by atoms with E-state index in [9.17, 15) is 0 Å². The van der Waals surface area contributed by atoms with Gasteiger partial charge in [0.2, 0.25) is 5.89 Å². The van der Waals surface area contributed by atoms with Gasteiger partial charge < -0.3 is 4.42 Å². The van der Waals surface area contributed by atoms with Gasteiger partial charge in [0.05, 0.1) is 4.47 Å². The van der Waals surface area contributed by atoms with E-state index in [1.165, 1.54) is 38.5 Å². The van der Waals surface area contributed by atoms with Crippen LogP contribution in [-0.2, 0) is 5.41 Å². The Balaban J connectivity index is 1.39. The molecule has 0 aliphatic heterocycles. The molecule has 4 saturated carbocycles. The number of hydrogen-bond donors (Lipinski definition) is 0. The second-order valence-electron chi connectivity index (χ2n) is 8.21. The Labute approximate surface area is 153 Å². The van der Waals surface area contributed by atoms with Gasteiger partial charge in [-0.2, -0.15) is 5.10 Å². The van der Waals surface area contributed by atoms with Crippen LogP contribution in [0.4, 0.5) is 0 Å². The quantitative estimate of drug-likeness (QED) is 0.650. The molecule has 4 bridgehead atoms. The molecule has 7 heteroatoms. The number of fused-ring (bicyclic) bond motifs is 1. The molecule has 7 rings (SSSR count). The highest BCUT2D eigenvalue weighted by molar-refractivity contribution is 9.10. The van der Waals surface area contributed by atoms with Crippen molar-refractivity contribution in [2.75, 3.05) is 0 Å². The Morgan fingerprint density at radius 3 is 2.52 bits per heavy atom. The number of nitrogens with zero attached hydrogens (tertiary/aromatic N) is 5. The summed E-state index contributed by atoms with van der Waals surface area (Å²) < 4.78 is 8.79. The first kappa shape index (κ1) is 14.4. The summed E-state index contributed by atoms with van der Waals surface area (Å²) in [6.45, 7) is 0. The van der Waals surface area contributed by atoms with Gasteiger partial charge in [-0.15, -0.1) is 10.2 Å². The highest BCUT2D eigenvalue weighted by Gasteiger charge is 2.54. The molecule has 0 N–H and O–H groups in total. The molecule has 3 aromatic rings. The molecule has 6 nitrogen and oxygen atoms in total. The van der Waals surface area contributed by atoms with Crippen LogP contribution in [0.1, 0.15) is 44.4 Å². The van der Waals surface area contributed by atoms with Crippen LogP contribution in [0.2, 0.25) is 0 Å². The van der Waals surface area contributed by atoms with Crippen molar-refractivity contribution in [2.45, 2.75) is 43.9 Å². The molecule has 0 atom stereocenters. The minimum absolute atomic E-state index is 0.125. The van der Waals surface area contributed by atoms with Crippen LogP contribution in [-0.4, -0.2) is 24.8 Å². The summed E-state index contributed by atoms with van der Waals surface area (Å²) in [5.41, 5.74) is 1.59. The van der Waals surface area contributed by atoms with Crippen molar-refractivity contribution in [1.29, 1.82) is 0 Å². The van der Waals surface area contributed by atoms with Gasteiger partial charge in [0.1, 0.15) is 0 Å². The van der Waals surface area contributed by atoms with Crippen molar-refractivity contribution in [3.63, 3.8) is 0 Å². The molecule has 0 unspecified atom stereocenters. The fourth-order valence-corrected chi connectivity index (χ4v) is 6.17. The topological polar surface area (TPSA) is 69.1 Å². The molecule has 0 spiro atoms. The maximum absolute atomic E-state index is 6.18. The molecular weight excluding hydrogens is 382 g/mol. The van der Waals surface area contributed by atoms with Gasteiger partial charge in [-0.25, -0.2) is 9.50 Å². The monoisotopic (exact) mass is 399 g/mol. The summed E-state index contributed by atoms with van der Waals surface area (Å²) in [5, 5.41) is 13.3. The molecule has 0 amide bonds. The third kappa shape index (κ3) is 2.14. The van der Waals surface area contributed by atoms with E-state index in [0.29, 0.717) is 11.6 Å². The average Bonchev–Trinajstić information content (AvgIpc) is 3.20. The second kappa shape index (κ2) is 4.90. The lowest BCUT2D eigenvalue weighted by Crippen LogP contribution is -2.48. The maximum Gasteiger partial charge on any atom is 0.268 e. The van der Waals surface area contributed by atoms with Gasteiger partial charge in [-0.1, -0.05) is 0 Å². The number of rotatable bonds is 2. The van der Waals surface area contributed by atoms with Gasteiger partial charge in [0, 0.05) is 23.9 Å². The summed E-state index contributed by atoms with van der Waals surface area (Å²) in [6.07, 6.45) is 11.5. The van der Waals surface area contributed by atoms with Crippen molar-refractivity contribution in [3.8, 4) is 11.6 Å².